The van der Waals surface area contributed by atoms with Gasteiger partial charge >= 0.3 is 0 Å². The average Bonchev–Trinajstić information content (AvgIpc) is 2.55. The molecule has 2 aromatic rings. The third kappa shape index (κ3) is 3.59. The van der Waals surface area contributed by atoms with Crippen LogP contribution in [-0.2, 0) is 9.84 Å². The SMILES string of the molecule is CS(=O)(=O)c1ccc(N2CC=C(c3ccccc3Cl)CC2)cc1. The van der Waals surface area contributed by atoms with Crippen molar-refractivity contribution in [3.05, 3.63) is 65.2 Å². The zero-order valence-corrected chi connectivity index (χ0v) is 14.4. The molecule has 120 valence electrons. The summed E-state index contributed by atoms with van der Waals surface area (Å²) in [6.07, 6.45) is 4.33. The molecule has 0 aliphatic carbocycles. The summed E-state index contributed by atoms with van der Waals surface area (Å²) >= 11 is 6.26. The minimum Gasteiger partial charge on any atom is -0.367 e. The molecule has 0 fully saturated rings. The maximum atomic E-state index is 11.5. The highest BCUT2D eigenvalue weighted by molar-refractivity contribution is 7.90. The van der Waals surface area contributed by atoms with Crippen LogP contribution >= 0.6 is 11.6 Å². The fraction of sp³-hybridized carbons (Fsp3) is 0.222. The fourth-order valence-corrected chi connectivity index (χ4v) is 3.66. The Labute approximate surface area is 142 Å². The van der Waals surface area contributed by atoms with Gasteiger partial charge in [0.15, 0.2) is 9.84 Å². The maximum absolute atomic E-state index is 11.5. The van der Waals surface area contributed by atoms with E-state index in [2.05, 4.69) is 11.0 Å². The summed E-state index contributed by atoms with van der Waals surface area (Å²) < 4.78 is 23.0. The lowest BCUT2D eigenvalue weighted by Gasteiger charge is -2.29. The molecular weight excluding hydrogens is 330 g/mol. The Morgan fingerprint density at radius 1 is 1.04 bits per heavy atom. The first-order chi connectivity index (χ1) is 10.9. The highest BCUT2D eigenvalue weighted by Gasteiger charge is 2.15. The number of benzene rings is 2. The Morgan fingerprint density at radius 3 is 2.30 bits per heavy atom. The lowest BCUT2D eigenvalue weighted by molar-refractivity contribution is 0.602. The summed E-state index contributed by atoms with van der Waals surface area (Å²) in [5, 5.41) is 0.782. The summed E-state index contributed by atoms with van der Waals surface area (Å²) in [5.74, 6) is 0. The van der Waals surface area contributed by atoms with Gasteiger partial charge in [-0.15, -0.1) is 0 Å². The summed E-state index contributed by atoms with van der Waals surface area (Å²) in [7, 11) is -3.14. The molecule has 3 rings (SSSR count). The quantitative estimate of drug-likeness (QED) is 0.841. The third-order valence-corrected chi connectivity index (χ3v) is 5.52. The molecule has 0 N–H and O–H groups in total. The van der Waals surface area contributed by atoms with Gasteiger partial charge < -0.3 is 4.90 Å². The van der Waals surface area contributed by atoms with Crippen LogP contribution in [0.4, 0.5) is 5.69 Å². The number of hydrogen-bond donors (Lipinski definition) is 0. The lowest BCUT2D eigenvalue weighted by Crippen LogP contribution is -2.28. The molecule has 1 heterocycles. The molecule has 0 saturated carbocycles. The zero-order valence-electron chi connectivity index (χ0n) is 12.9. The second-order valence-electron chi connectivity index (χ2n) is 5.67. The predicted octanol–water partition coefficient (Wildman–Crippen LogP) is 4.04. The first kappa shape index (κ1) is 16.1. The minimum absolute atomic E-state index is 0.352. The Hall–Kier alpha value is -1.78. The highest BCUT2D eigenvalue weighted by atomic mass is 35.5. The topological polar surface area (TPSA) is 37.4 Å². The largest absolute Gasteiger partial charge is 0.367 e. The highest BCUT2D eigenvalue weighted by Crippen LogP contribution is 2.30. The number of sulfone groups is 1. The smallest absolute Gasteiger partial charge is 0.175 e. The van der Waals surface area contributed by atoms with Crippen molar-refractivity contribution in [3.8, 4) is 0 Å². The zero-order chi connectivity index (χ0) is 16.4. The number of rotatable bonds is 3. The second kappa shape index (κ2) is 6.38. The van der Waals surface area contributed by atoms with Gasteiger partial charge in [-0.2, -0.15) is 0 Å². The summed E-state index contributed by atoms with van der Waals surface area (Å²) in [4.78, 5) is 2.58. The molecule has 0 spiro atoms. The molecule has 3 nitrogen and oxygen atoms in total. The van der Waals surface area contributed by atoms with Crippen molar-refractivity contribution in [2.75, 3.05) is 24.2 Å². The second-order valence-corrected chi connectivity index (χ2v) is 8.09. The Balaban J connectivity index is 1.77. The number of nitrogens with zero attached hydrogens (tertiary/aromatic N) is 1. The van der Waals surface area contributed by atoms with E-state index in [0.29, 0.717) is 4.90 Å². The molecule has 0 saturated heterocycles. The normalized spacial score (nSPS) is 15.4. The van der Waals surface area contributed by atoms with Crippen LogP contribution in [0.2, 0.25) is 5.02 Å². The van der Waals surface area contributed by atoms with Crippen molar-refractivity contribution in [3.63, 3.8) is 0 Å². The van der Waals surface area contributed by atoms with Gasteiger partial charge in [-0.1, -0.05) is 35.9 Å². The summed E-state index contributed by atoms with van der Waals surface area (Å²) in [6, 6.07) is 15.0. The molecule has 0 unspecified atom stereocenters. The van der Waals surface area contributed by atoms with Crippen LogP contribution in [0, 0.1) is 0 Å². The first-order valence-corrected chi connectivity index (χ1v) is 9.71. The molecular formula is C18H18ClNO2S. The first-order valence-electron chi connectivity index (χ1n) is 7.44. The molecule has 23 heavy (non-hydrogen) atoms. The summed E-state index contributed by atoms with van der Waals surface area (Å²) in [6.45, 7) is 1.67. The van der Waals surface area contributed by atoms with Crippen LogP contribution in [0.3, 0.4) is 0 Å². The van der Waals surface area contributed by atoms with E-state index in [1.807, 2.05) is 36.4 Å². The third-order valence-electron chi connectivity index (χ3n) is 4.06. The Kier molecular flexibility index (Phi) is 4.46. The predicted molar refractivity (Wildman–Crippen MR) is 95.8 cm³/mol. The lowest BCUT2D eigenvalue weighted by atomic mass is 9.99. The van der Waals surface area contributed by atoms with Gasteiger partial charge in [0.05, 0.1) is 4.90 Å². The minimum atomic E-state index is -3.14. The standard InChI is InChI=1S/C18H18ClNO2S/c1-23(21,22)16-8-6-15(7-9-16)20-12-10-14(11-13-20)17-4-2-3-5-18(17)19/h2-10H,11-13H2,1H3. The van der Waals surface area contributed by atoms with Crippen LogP contribution in [0.25, 0.3) is 5.57 Å². The van der Waals surface area contributed by atoms with Gasteiger partial charge in [0.25, 0.3) is 0 Å². The van der Waals surface area contributed by atoms with E-state index in [4.69, 9.17) is 11.6 Å². The molecule has 0 bridgehead atoms. The van der Waals surface area contributed by atoms with Crippen molar-refractivity contribution in [1.29, 1.82) is 0 Å². The van der Waals surface area contributed by atoms with E-state index in [0.717, 1.165) is 35.8 Å². The van der Waals surface area contributed by atoms with E-state index in [-0.39, 0.29) is 0 Å². The molecule has 0 atom stereocenters. The number of hydrogen-bond acceptors (Lipinski definition) is 3. The van der Waals surface area contributed by atoms with E-state index in [1.54, 1.807) is 12.1 Å². The molecule has 0 amide bonds. The molecule has 1 aliphatic heterocycles. The number of halogens is 1. The van der Waals surface area contributed by atoms with Crippen LogP contribution in [-0.4, -0.2) is 27.8 Å². The maximum Gasteiger partial charge on any atom is 0.175 e. The van der Waals surface area contributed by atoms with Gasteiger partial charge in [0.2, 0.25) is 0 Å². The monoisotopic (exact) mass is 347 g/mol. The molecule has 0 aromatic heterocycles. The van der Waals surface area contributed by atoms with Crippen LogP contribution in [0.15, 0.2) is 59.5 Å². The molecule has 1 aliphatic rings. The van der Waals surface area contributed by atoms with Gasteiger partial charge in [0.1, 0.15) is 0 Å². The van der Waals surface area contributed by atoms with Gasteiger partial charge in [0, 0.05) is 30.1 Å². The van der Waals surface area contributed by atoms with E-state index < -0.39 is 9.84 Å². The summed E-state index contributed by atoms with van der Waals surface area (Å²) in [5.41, 5.74) is 3.40. The Bertz CT molecular complexity index is 842. The van der Waals surface area contributed by atoms with Gasteiger partial charge in [-0.25, -0.2) is 8.42 Å². The number of anilines is 1. The average molecular weight is 348 g/mol. The van der Waals surface area contributed by atoms with Crippen molar-refractivity contribution in [1.82, 2.24) is 0 Å². The van der Waals surface area contributed by atoms with Crippen molar-refractivity contribution < 1.29 is 8.42 Å². The molecule has 0 radical (unpaired) electrons. The van der Waals surface area contributed by atoms with Crippen LogP contribution in [0.1, 0.15) is 12.0 Å². The van der Waals surface area contributed by atoms with Gasteiger partial charge in [-0.3, -0.25) is 0 Å². The van der Waals surface area contributed by atoms with Crippen molar-refractivity contribution >= 4 is 32.7 Å². The van der Waals surface area contributed by atoms with Crippen LogP contribution in [0.5, 0.6) is 0 Å². The van der Waals surface area contributed by atoms with E-state index >= 15 is 0 Å². The van der Waals surface area contributed by atoms with Crippen molar-refractivity contribution in [2.45, 2.75) is 11.3 Å². The Morgan fingerprint density at radius 2 is 1.74 bits per heavy atom. The molecule has 5 heteroatoms. The van der Waals surface area contributed by atoms with Gasteiger partial charge in [-0.05, 0) is 47.9 Å². The van der Waals surface area contributed by atoms with E-state index in [1.165, 1.54) is 11.8 Å². The van der Waals surface area contributed by atoms with E-state index in [9.17, 15) is 8.42 Å². The van der Waals surface area contributed by atoms with Crippen molar-refractivity contribution in [2.24, 2.45) is 0 Å². The van der Waals surface area contributed by atoms with Crippen LogP contribution < -0.4 is 4.90 Å². The molecule has 2 aromatic carbocycles. The fourth-order valence-electron chi connectivity index (χ4n) is 2.77.